The maximum atomic E-state index is 12.1. The molecule has 3 rings (SSSR count). The molecule has 0 amide bonds. The summed E-state index contributed by atoms with van der Waals surface area (Å²) in [5, 5.41) is 3.92. The molecule has 0 atom stereocenters. The van der Waals surface area contributed by atoms with Crippen LogP contribution in [-0.4, -0.2) is 26.4 Å². The average molecular weight is 340 g/mol. The number of aryl methyl sites for hydroxylation is 1. The van der Waals surface area contributed by atoms with E-state index in [4.69, 9.17) is 9.26 Å². The Morgan fingerprint density at radius 3 is 2.68 bits per heavy atom. The first kappa shape index (κ1) is 16.4. The van der Waals surface area contributed by atoms with E-state index in [1.807, 2.05) is 18.2 Å². The third-order valence-corrected chi connectivity index (χ3v) is 3.67. The molecule has 3 aromatic rings. The first-order chi connectivity index (χ1) is 12.0. The van der Waals surface area contributed by atoms with Gasteiger partial charge in [0.05, 0.1) is 18.2 Å². The lowest BCUT2D eigenvalue weighted by molar-refractivity contribution is 0.406. The van der Waals surface area contributed by atoms with Crippen LogP contribution >= 0.6 is 0 Å². The van der Waals surface area contributed by atoms with Gasteiger partial charge in [0.2, 0.25) is 5.82 Å². The van der Waals surface area contributed by atoms with Gasteiger partial charge < -0.3 is 13.8 Å². The van der Waals surface area contributed by atoms with Gasteiger partial charge in [-0.05, 0) is 18.2 Å². The van der Waals surface area contributed by atoms with E-state index >= 15 is 0 Å². The fourth-order valence-corrected chi connectivity index (χ4v) is 2.35. The van der Waals surface area contributed by atoms with Crippen LogP contribution in [0, 0.1) is 0 Å². The van der Waals surface area contributed by atoms with Gasteiger partial charge in [-0.1, -0.05) is 17.3 Å². The van der Waals surface area contributed by atoms with E-state index in [0.717, 1.165) is 4.57 Å². The quantitative estimate of drug-likeness (QED) is 0.711. The zero-order valence-electron chi connectivity index (χ0n) is 14.0. The number of para-hydroxylation sites is 1. The summed E-state index contributed by atoms with van der Waals surface area (Å²) >= 11 is 0. The molecule has 128 valence electrons. The molecular weight excluding hydrogens is 324 g/mol. The molecule has 0 unspecified atom stereocenters. The maximum absolute atomic E-state index is 12.1. The molecule has 2 aromatic heterocycles. The van der Waals surface area contributed by atoms with E-state index in [2.05, 4.69) is 10.1 Å². The lowest BCUT2D eigenvalue weighted by Crippen LogP contribution is -2.37. The fourth-order valence-electron chi connectivity index (χ4n) is 2.35. The van der Waals surface area contributed by atoms with Crippen LogP contribution < -0.4 is 16.0 Å². The summed E-state index contributed by atoms with van der Waals surface area (Å²) in [5.74, 6) is 1.24. The van der Waals surface area contributed by atoms with Crippen LogP contribution in [0.1, 0.15) is 11.5 Å². The van der Waals surface area contributed by atoms with E-state index < -0.39 is 11.2 Å². The number of aromatic nitrogens is 4. The standard InChI is InChI=1S/C17H16N4O4/c1-20-10-11(16(22)21(2)17(20)23)8-9-14-18-15(19-25-14)12-6-4-5-7-13(12)24-3/h4-10H,1-3H3/b9-8+. The molecule has 25 heavy (non-hydrogen) atoms. The number of ether oxygens (including phenoxy) is 1. The van der Waals surface area contributed by atoms with Gasteiger partial charge in [-0.3, -0.25) is 9.36 Å². The molecule has 0 aliphatic rings. The van der Waals surface area contributed by atoms with Crippen molar-refractivity contribution < 1.29 is 9.26 Å². The van der Waals surface area contributed by atoms with E-state index in [1.54, 1.807) is 20.2 Å². The number of benzene rings is 1. The van der Waals surface area contributed by atoms with Gasteiger partial charge >= 0.3 is 5.69 Å². The predicted octanol–water partition coefficient (Wildman–Crippen LogP) is 1.31. The highest BCUT2D eigenvalue weighted by atomic mass is 16.5. The normalized spacial score (nSPS) is 11.2. The minimum absolute atomic E-state index is 0.233. The van der Waals surface area contributed by atoms with E-state index in [-0.39, 0.29) is 5.89 Å². The van der Waals surface area contributed by atoms with Crippen molar-refractivity contribution in [2.24, 2.45) is 14.1 Å². The molecule has 1 aromatic carbocycles. The van der Waals surface area contributed by atoms with Crippen molar-refractivity contribution in [2.75, 3.05) is 7.11 Å². The summed E-state index contributed by atoms with van der Waals surface area (Å²) < 4.78 is 12.8. The molecule has 0 aliphatic heterocycles. The Labute approximate surface area is 142 Å². The van der Waals surface area contributed by atoms with Gasteiger partial charge in [0.15, 0.2) is 0 Å². The maximum Gasteiger partial charge on any atom is 0.330 e. The Kier molecular flexibility index (Phi) is 4.34. The molecule has 0 spiro atoms. The number of hydrogen-bond acceptors (Lipinski definition) is 6. The predicted molar refractivity (Wildman–Crippen MR) is 92.1 cm³/mol. The zero-order chi connectivity index (χ0) is 18.0. The van der Waals surface area contributed by atoms with E-state index in [0.29, 0.717) is 22.7 Å². The van der Waals surface area contributed by atoms with Crippen LogP contribution in [0.3, 0.4) is 0 Å². The van der Waals surface area contributed by atoms with Crippen molar-refractivity contribution in [3.05, 3.63) is 62.8 Å². The number of hydrogen-bond donors (Lipinski definition) is 0. The lowest BCUT2D eigenvalue weighted by atomic mass is 10.2. The van der Waals surface area contributed by atoms with Crippen molar-refractivity contribution in [2.45, 2.75) is 0 Å². The third kappa shape index (κ3) is 3.14. The monoisotopic (exact) mass is 340 g/mol. The summed E-state index contributed by atoms with van der Waals surface area (Å²) in [6.07, 6.45) is 4.51. The molecule has 0 bridgehead atoms. The molecule has 0 saturated heterocycles. The zero-order valence-corrected chi connectivity index (χ0v) is 14.0. The molecular formula is C17H16N4O4. The second kappa shape index (κ2) is 6.60. The highest BCUT2D eigenvalue weighted by Crippen LogP contribution is 2.27. The number of nitrogens with zero attached hydrogens (tertiary/aromatic N) is 4. The highest BCUT2D eigenvalue weighted by molar-refractivity contribution is 5.68. The minimum Gasteiger partial charge on any atom is -0.496 e. The van der Waals surface area contributed by atoms with Crippen LogP contribution in [0.5, 0.6) is 5.75 Å². The van der Waals surface area contributed by atoms with Gasteiger partial charge in [0, 0.05) is 26.4 Å². The van der Waals surface area contributed by atoms with Crippen molar-refractivity contribution in [1.82, 2.24) is 19.3 Å². The Balaban J connectivity index is 1.93. The second-order valence-electron chi connectivity index (χ2n) is 5.33. The third-order valence-electron chi connectivity index (χ3n) is 3.67. The minimum atomic E-state index is -0.399. The van der Waals surface area contributed by atoms with Crippen LogP contribution in [0.2, 0.25) is 0 Å². The SMILES string of the molecule is COc1ccccc1-c1noc(/C=C/c2cn(C)c(=O)n(C)c2=O)n1. The molecule has 0 saturated carbocycles. The Morgan fingerprint density at radius 2 is 1.92 bits per heavy atom. The van der Waals surface area contributed by atoms with Gasteiger partial charge in [0.25, 0.3) is 11.4 Å². The Morgan fingerprint density at radius 1 is 1.16 bits per heavy atom. The summed E-state index contributed by atoms with van der Waals surface area (Å²) in [6, 6.07) is 7.31. The number of rotatable bonds is 4. The van der Waals surface area contributed by atoms with E-state index in [9.17, 15) is 9.59 Å². The van der Waals surface area contributed by atoms with Gasteiger partial charge in [0.1, 0.15) is 5.75 Å². The number of methoxy groups -OCH3 is 1. The molecule has 8 heteroatoms. The van der Waals surface area contributed by atoms with Gasteiger partial charge in [-0.15, -0.1) is 0 Å². The summed E-state index contributed by atoms with van der Waals surface area (Å²) in [6.45, 7) is 0. The first-order valence-electron chi connectivity index (χ1n) is 7.43. The largest absolute Gasteiger partial charge is 0.496 e. The van der Waals surface area contributed by atoms with Crippen molar-refractivity contribution >= 4 is 12.2 Å². The van der Waals surface area contributed by atoms with Gasteiger partial charge in [-0.2, -0.15) is 4.98 Å². The topological polar surface area (TPSA) is 92.2 Å². The molecule has 0 radical (unpaired) electrons. The molecule has 8 nitrogen and oxygen atoms in total. The first-order valence-corrected chi connectivity index (χ1v) is 7.43. The molecule has 0 aliphatic carbocycles. The summed E-state index contributed by atoms with van der Waals surface area (Å²) in [7, 11) is 4.56. The Hall–Kier alpha value is -3.42. The smallest absolute Gasteiger partial charge is 0.330 e. The van der Waals surface area contributed by atoms with Crippen LogP contribution in [0.25, 0.3) is 23.5 Å². The van der Waals surface area contributed by atoms with Crippen LogP contribution in [0.4, 0.5) is 0 Å². The summed E-state index contributed by atoms with van der Waals surface area (Å²) in [5.41, 5.74) is 0.246. The lowest BCUT2D eigenvalue weighted by Gasteiger charge is -2.03. The van der Waals surface area contributed by atoms with Gasteiger partial charge in [-0.25, -0.2) is 4.79 Å². The van der Waals surface area contributed by atoms with Crippen LogP contribution in [-0.2, 0) is 14.1 Å². The molecule has 0 fully saturated rings. The van der Waals surface area contributed by atoms with Crippen molar-refractivity contribution in [3.63, 3.8) is 0 Å². The summed E-state index contributed by atoms with van der Waals surface area (Å²) in [4.78, 5) is 28.0. The van der Waals surface area contributed by atoms with Crippen LogP contribution in [0.15, 0.2) is 44.6 Å². The second-order valence-corrected chi connectivity index (χ2v) is 5.33. The molecule has 2 heterocycles. The fraction of sp³-hybridized carbons (Fsp3) is 0.176. The Bertz CT molecular complexity index is 1060. The van der Waals surface area contributed by atoms with Crippen molar-refractivity contribution in [1.29, 1.82) is 0 Å². The average Bonchev–Trinajstić information content (AvgIpc) is 3.10. The molecule has 0 N–H and O–H groups in total. The van der Waals surface area contributed by atoms with Crippen molar-refractivity contribution in [3.8, 4) is 17.1 Å². The van der Waals surface area contributed by atoms with E-state index in [1.165, 1.54) is 30.0 Å². The highest BCUT2D eigenvalue weighted by Gasteiger charge is 2.11.